The van der Waals surface area contributed by atoms with E-state index in [0.29, 0.717) is 6.42 Å². The SMILES string of the molecule is C/C=C(/CC(O)/C=C/c1ccccc1)OC(C)C. The van der Waals surface area contributed by atoms with E-state index in [9.17, 15) is 5.11 Å². The van der Waals surface area contributed by atoms with E-state index in [1.165, 1.54) is 0 Å². The molecule has 0 aliphatic carbocycles. The van der Waals surface area contributed by atoms with Crippen LogP contribution in [0.3, 0.4) is 0 Å². The predicted octanol–water partition coefficient (Wildman–Crippen LogP) is 3.78. The minimum atomic E-state index is -0.518. The predicted molar refractivity (Wildman–Crippen MR) is 76.1 cm³/mol. The Labute approximate surface area is 110 Å². The van der Waals surface area contributed by atoms with Crippen LogP contribution in [0.25, 0.3) is 6.08 Å². The van der Waals surface area contributed by atoms with Crippen LogP contribution in [-0.2, 0) is 4.74 Å². The fourth-order valence-electron chi connectivity index (χ4n) is 1.60. The van der Waals surface area contributed by atoms with Crippen LogP contribution in [0.4, 0.5) is 0 Å². The van der Waals surface area contributed by atoms with Gasteiger partial charge in [0.25, 0.3) is 0 Å². The van der Waals surface area contributed by atoms with Gasteiger partial charge in [-0.1, -0.05) is 42.5 Å². The summed E-state index contributed by atoms with van der Waals surface area (Å²) in [6.07, 6.45) is 5.75. The molecule has 1 N–H and O–H groups in total. The molecule has 1 rings (SSSR count). The Kier molecular flexibility index (Phi) is 6.23. The van der Waals surface area contributed by atoms with Gasteiger partial charge in [-0.15, -0.1) is 0 Å². The molecule has 1 unspecified atom stereocenters. The van der Waals surface area contributed by atoms with Crippen LogP contribution in [0.15, 0.2) is 48.2 Å². The molecule has 0 aliphatic rings. The number of aliphatic hydroxyl groups excluding tert-OH is 1. The van der Waals surface area contributed by atoms with Gasteiger partial charge in [0.15, 0.2) is 0 Å². The molecule has 98 valence electrons. The van der Waals surface area contributed by atoms with Gasteiger partial charge in [0.2, 0.25) is 0 Å². The summed E-state index contributed by atoms with van der Waals surface area (Å²) in [5, 5.41) is 9.92. The van der Waals surface area contributed by atoms with E-state index in [2.05, 4.69) is 0 Å². The highest BCUT2D eigenvalue weighted by molar-refractivity contribution is 5.49. The van der Waals surface area contributed by atoms with Gasteiger partial charge >= 0.3 is 0 Å². The van der Waals surface area contributed by atoms with E-state index in [1.807, 2.05) is 63.3 Å². The van der Waals surface area contributed by atoms with Gasteiger partial charge in [-0.25, -0.2) is 0 Å². The topological polar surface area (TPSA) is 29.5 Å². The fourth-order valence-corrected chi connectivity index (χ4v) is 1.60. The van der Waals surface area contributed by atoms with Crippen LogP contribution in [0.2, 0.25) is 0 Å². The molecule has 0 fully saturated rings. The highest BCUT2D eigenvalue weighted by atomic mass is 16.5. The van der Waals surface area contributed by atoms with Gasteiger partial charge in [-0.05, 0) is 32.4 Å². The van der Waals surface area contributed by atoms with Crippen molar-refractivity contribution in [3.63, 3.8) is 0 Å². The first-order valence-electron chi connectivity index (χ1n) is 6.35. The zero-order chi connectivity index (χ0) is 13.4. The molecule has 0 aromatic heterocycles. The number of hydrogen-bond donors (Lipinski definition) is 1. The Morgan fingerprint density at radius 2 is 1.94 bits per heavy atom. The lowest BCUT2D eigenvalue weighted by Crippen LogP contribution is -2.09. The average Bonchev–Trinajstić information content (AvgIpc) is 2.36. The van der Waals surface area contributed by atoms with E-state index < -0.39 is 6.10 Å². The third-order valence-corrected chi connectivity index (χ3v) is 2.43. The monoisotopic (exact) mass is 246 g/mol. The molecule has 0 amide bonds. The van der Waals surface area contributed by atoms with Gasteiger partial charge in [-0.3, -0.25) is 0 Å². The minimum absolute atomic E-state index is 0.140. The highest BCUT2D eigenvalue weighted by Crippen LogP contribution is 2.12. The summed E-state index contributed by atoms with van der Waals surface area (Å²) in [5.41, 5.74) is 1.09. The first-order chi connectivity index (χ1) is 8.61. The Hall–Kier alpha value is -1.54. The summed E-state index contributed by atoms with van der Waals surface area (Å²) < 4.78 is 5.59. The second kappa shape index (κ2) is 7.72. The lowest BCUT2D eigenvalue weighted by atomic mass is 10.1. The summed E-state index contributed by atoms with van der Waals surface area (Å²) in [6, 6.07) is 9.94. The molecule has 1 aromatic carbocycles. The third kappa shape index (κ3) is 5.69. The van der Waals surface area contributed by atoms with Crippen molar-refractivity contribution in [2.75, 3.05) is 0 Å². The maximum absolute atomic E-state index is 9.92. The quantitative estimate of drug-likeness (QED) is 0.774. The molecule has 0 aliphatic heterocycles. The molecule has 0 heterocycles. The molecule has 2 nitrogen and oxygen atoms in total. The molecule has 1 atom stereocenters. The highest BCUT2D eigenvalue weighted by Gasteiger charge is 2.06. The van der Waals surface area contributed by atoms with Crippen LogP contribution < -0.4 is 0 Å². The summed E-state index contributed by atoms with van der Waals surface area (Å²) >= 11 is 0. The van der Waals surface area contributed by atoms with Gasteiger partial charge in [0.1, 0.15) is 0 Å². The number of hydrogen-bond acceptors (Lipinski definition) is 2. The van der Waals surface area contributed by atoms with Crippen LogP contribution in [0.5, 0.6) is 0 Å². The summed E-state index contributed by atoms with van der Waals surface area (Å²) in [7, 11) is 0. The number of benzene rings is 1. The Bertz CT molecular complexity index is 391. The maximum Gasteiger partial charge on any atom is 0.0950 e. The normalized spacial score (nSPS) is 14.2. The molecule has 0 bridgehead atoms. The molecular formula is C16H22O2. The molecule has 0 radical (unpaired) electrons. The molecular weight excluding hydrogens is 224 g/mol. The molecule has 0 saturated heterocycles. The third-order valence-electron chi connectivity index (χ3n) is 2.43. The van der Waals surface area contributed by atoms with Crippen molar-refractivity contribution in [3.8, 4) is 0 Å². The van der Waals surface area contributed by atoms with E-state index >= 15 is 0 Å². The fraction of sp³-hybridized carbons (Fsp3) is 0.375. The number of ether oxygens (including phenoxy) is 1. The van der Waals surface area contributed by atoms with Crippen molar-refractivity contribution in [3.05, 3.63) is 53.8 Å². The van der Waals surface area contributed by atoms with Crippen LogP contribution in [0.1, 0.15) is 32.8 Å². The van der Waals surface area contributed by atoms with Crippen molar-refractivity contribution >= 4 is 6.08 Å². The van der Waals surface area contributed by atoms with Gasteiger partial charge < -0.3 is 9.84 Å². The second-order valence-electron chi connectivity index (χ2n) is 4.46. The smallest absolute Gasteiger partial charge is 0.0950 e. The lowest BCUT2D eigenvalue weighted by Gasteiger charge is -2.15. The maximum atomic E-state index is 9.92. The molecule has 0 saturated carbocycles. The minimum Gasteiger partial charge on any atom is -0.496 e. The van der Waals surface area contributed by atoms with Gasteiger partial charge in [-0.2, -0.15) is 0 Å². The molecule has 2 heteroatoms. The first-order valence-corrected chi connectivity index (χ1v) is 6.35. The zero-order valence-corrected chi connectivity index (χ0v) is 11.3. The molecule has 18 heavy (non-hydrogen) atoms. The summed E-state index contributed by atoms with van der Waals surface area (Å²) in [5.74, 6) is 0.829. The largest absolute Gasteiger partial charge is 0.496 e. The van der Waals surface area contributed by atoms with Crippen molar-refractivity contribution in [2.24, 2.45) is 0 Å². The van der Waals surface area contributed by atoms with Crippen LogP contribution in [0, 0.1) is 0 Å². The molecule has 1 aromatic rings. The van der Waals surface area contributed by atoms with E-state index in [-0.39, 0.29) is 6.10 Å². The Morgan fingerprint density at radius 1 is 1.28 bits per heavy atom. The van der Waals surface area contributed by atoms with Crippen molar-refractivity contribution in [1.82, 2.24) is 0 Å². The lowest BCUT2D eigenvalue weighted by molar-refractivity contribution is 0.116. The molecule has 0 spiro atoms. The van der Waals surface area contributed by atoms with Crippen LogP contribution >= 0.6 is 0 Å². The number of allylic oxidation sites excluding steroid dienone is 1. The van der Waals surface area contributed by atoms with E-state index in [0.717, 1.165) is 11.3 Å². The average molecular weight is 246 g/mol. The van der Waals surface area contributed by atoms with E-state index in [1.54, 1.807) is 6.08 Å². The van der Waals surface area contributed by atoms with Gasteiger partial charge in [0.05, 0.1) is 18.0 Å². The first kappa shape index (κ1) is 14.5. The summed E-state index contributed by atoms with van der Waals surface area (Å²) in [6.45, 7) is 5.89. The standard InChI is InChI=1S/C16H22O2/c1-4-16(18-13(2)3)12-15(17)11-10-14-8-6-5-7-9-14/h4-11,13,15,17H,12H2,1-3H3/b11-10+,16-4-. The summed E-state index contributed by atoms with van der Waals surface area (Å²) in [4.78, 5) is 0. The second-order valence-corrected chi connectivity index (χ2v) is 4.46. The zero-order valence-electron chi connectivity index (χ0n) is 11.3. The van der Waals surface area contributed by atoms with Crippen LogP contribution in [-0.4, -0.2) is 17.3 Å². The Morgan fingerprint density at radius 3 is 2.50 bits per heavy atom. The number of aliphatic hydroxyl groups is 1. The van der Waals surface area contributed by atoms with E-state index in [4.69, 9.17) is 4.74 Å². The Balaban J connectivity index is 2.50. The number of rotatable bonds is 6. The van der Waals surface area contributed by atoms with Crippen molar-refractivity contribution < 1.29 is 9.84 Å². The van der Waals surface area contributed by atoms with Crippen molar-refractivity contribution in [1.29, 1.82) is 0 Å². The van der Waals surface area contributed by atoms with Crippen molar-refractivity contribution in [2.45, 2.75) is 39.4 Å². The van der Waals surface area contributed by atoms with Gasteiger partial charge in [0, 0.05) is 6.42 Å².